The van der Waals surface area contributed by atoms with Gasteiger partial charge in [0.2, 0.25) is 0 Å². The highest BCUT2D eigenvalue weighted by Crippen LogP contribution is 2.19. The van der Waals surface area contributed by atoms with E-state index in [1.807, 2.05) is 6.92 Å². The fourth-order valence-corrected chi connectivity index (χ4v) is 2.33. The van der Waals surface area contributed by atoms with E-state index in [-0.39, 0.29) is 23.2 Å². The molecule has 1 aromatic rings. The molecule has 98 valence electrons. The second kappa shape index (κ2) is 5.87. The summed E-state index contributed by atoms with van der Waals surface area (Å²) >= 11 is 11.7. The predicted molar refractivity (Wildman–Crippen MR) is 70.2 cm³/mol. The molecule has 2 unspecified atom stereocenters. The summed E-state index contributed by atoms with van der Waals surface area (Å²) in [5.74, 6) is -0.219. The van der Waals surface area contributed by atoms with E-state index >= 15 is 0 Å². The molecule has 6 heteroatoms. The van der Waals surface area contributed by atoms with Crippen molar-refractivity contribution in [2.75, 3.05) is 6.61 Å². The van der Waals surface area contributed by atoms with E-state index in [1.165, 1.54) is 12.3 Å². The number of carbonyl (C=O) groups excluding carboxylic acids is 1. The number of halogens is 2. The van der Waals surface area contributed by atoms with Crippen molar-refractivity contribution in [3.63, 3.8) is 0 Å². The van der Waals surface area contributed by atoms with Crippen LogP contribution < -0.4 is 5.32 Å². The Labute approximate surface area is 116 Å². The van der Waals surface area contributed by atoms with E-state index in [2.05, 4.69) is 10.3 Å². The van der Waals surface area contributed by atoms with E-state index in [9.17, 15) is 4.79 Å². The van der Waals surface area contributed by atoms with Gasteiger partial charge in [0.15, 0.2) is 0 Å². The first-order valence-electron chi connectivity index (χ1n) is 5.80. The molecule has 1 amide bonds. The van der Waals surface area contributed by atoms with Crippen molar-refractivity contribution < 1.29 is 9.53 Å². The Morgan fingerprint density at radius 1 is 1.56 bits per heavy atom. The number of amides is 1. The quantitative estimate of drug-likeness (QED) is 0.852. The molecule has 0 radical (unpaired) electrons. The normalized spacial score (nSPS) is 23.7. The molecule has 1 fully saturated rings. The zero-order valence-corrected chi connectivity index (χ0v) is 11.5. The monoisotopic (exact) mass is 288 g/mol. The van der Waals surface area contributed by atoms with Crippen LogP contribution >= 0.6 is 23.2 Å². The SMILES string of the molecule is CC1CC(NC(=O)c2cc(Cl)ncc2Cl)CCO1. The van der Waals surface area contributed by atoms with Crippen LogP contribution in [-0.2, 0) is 4.74 Å². The number of hydrogen-bond donors (Lipinski definition) is 1. The average molecular weight is 289 g/mol. The molecular weight excluding hydrogens is 275 g/mol. The number of rotatable bonds is 2. The minimum atomic E-state index is -0.219. The third kappa shape index (κ3) is 3.34. The molecule has 4 nitrogen and oxygen atoms in total. The average Bonchev–Trinajstić information content (AvgIpc) is 2.32. The van der Waals surface area contributed by atoms with Crippen LogP contribution in [0.3, 0.4) is 0 Å². The molecule has 0 aromatic carbocycles. The Morgan fingerprint density at radius 2 is 2.33 bits per heavy atom. The van der Waals surface area contributed by atoms with Gasteiger partial charge in [-0.25, -0.2) is 4.98 Å². The summed E-state index contributed by atoms with van der Waals surface area (Å²) in [7, 11) is 0. The number of nitrogens with one attached hydrogen (secondary N) is 1. The van der Waals surface area contributed by atoms with E-state index in [0.29, 0.717) is 17.2 Å². The lowest BCUT2D eigenvalue weighted by Crippen LogP contribution is -2.41. The standard InChI is InChI=1S/C12H14Cl2N2O2/c1-7-4-8(2-3-18-7)16-12(17)9-5-11(14)15-6-10(9)13/h5-8H,2-4H2,1H3,(H,16,17). The fourth-order valence-electron chi connectivity index (χ4n) is 1.98. The summed E-state index contributed by atoms with van der Waals surface area (Å²) in [6.07, 6.45) is 3.17. The molecule has 2 rings (SSSR count). The molecule has 1 aromatic heterocycles. The lowest BCUT2D eigenvalue weighted by molar-refractivity contribution is 0.0136. The molecule has 1 N–H and O–H groups in total. The van der Waals surface area contributed by atoms with Crippen molar-refractivity contribution in [2.24, 2.45) is 0 Å². The van der Waals surface area contributed by atoms with Crippen LogP contribution in [-0.4, -0.2) is 29.6 Å². The number of hydrogen-bond acceptors (Lipinski definition) is 3. The number of nitrogens with zero attached hydrogens (tertiary/aromatic N) is 1. The van der Waals surface area contributed by atoms with Crippen molar-refractivity contribution in [2.45, 2.75) is 31.9 Å². The molecule has 2 atom stereocenters. The first-order valence-corrected chi connectivity index (χ1v) is 6.55. The molecule has 1 aliphatic rings. The van der Waals surface area contributed by atoms with Gasteiger partial charge in [0.05, 0.1) is 16.7 Å². The second-order valence-corrected chi connectivity index (χ2v) is 5.16. The highest BCUT2D eigenvalue weighted by molar-refractivity contribution is 6.35. The van der Waals surface area contributed by atoms with Crippen molar-refractivity contribution in [3.8, 4) is 0 Å². The molecule has 0 aliphatic carbocycles. The van der Waals surface area contributed by atoms with Gasteiger partial charge >= 0.3 is 0 Å². The van der Waals surface area contributed by atoms with Crippen molar-refractivity contribution in [1.29, 1.82) is 0 Å². The Balaban J connectivity index is 2.05. The van der Waals surface area contributed by atoms with Gasteiger partial charge in [0, 0.05) is 18.8 Å². The number of ether oxygens (including phenoxy) is 1. The minimum Gasteiger partial charge on any atom is -0.378 e. The first-order chi connectivity index (χ1) is 8.56. The third-order valence-electron chi connectivity index (χ3n) is 2.89. The maximum absolute atomic E-state index is 12.1. The molecule has 1 saturated heterocycles. The molecule has 18 heavy (non-hydrogen) atoms. The molecule has 0 saturated carbocycles. The predicted octanol–water partition coefficient (Wildman–Crippen LogP) is 2.69. The topological polar surface area (TPSA) is 51.2 Å². The van der Waals surface area contributed by atoms with Crippen LogP contribution in [0.5, 0.6) is 0 Å². The highest BCUT2D eigenvalue weighted by atomic mass is 35.5. The lowest BCUT2D eigenvalue weighted by Gasteiger charge is -2.28. The molecule has 0 bridgehead atoms. The number of aromatic nitrogens is 1. The van der Waals surface area contributed by atoms with Crippen LogP contribution in [0.1, 0.15) is 30.1 Å². The smallest absolute Gasteiger partial charge is 0.253 e. The van der Waals surface area contributed by atoms with E-state index < -0.39 is 0 Å². The summed E-state index contributed by atoms with van der Waals surface area (Å²) in [5, 5.41) is 3.50. The zero-order chi connectivity index (χ0) is 13.1. The Hall–Kier alpha value is -0.840. The molecular formula is C12H14Cl2N2O2. The zero-order valence-electron chi connectivity index (χ0n) is 9.95. The van der Waals surface area contributed by atoms with Crippen LogP contribution in [0, 0.1) is 0 Å². The van der Waals surface area contributed by atoms with Gasteiger partial charge in [0.1, 0.15) is 5.15 Å². The maximum Gasteiger partial charge on any atom is 0.253 e. The van der Waals surface area contributed by atoms with Crippen molar-refractivity contribution in [3.05, 3.63) is 28.0 Å². The third-order valence-corrected chi connectivity index (χ3v) is 3.39. The summed E-state index contributed by atoms with van der Waals surface area (Å²) in [6.45, 7) is 2.66. The van der Waals surface area contributed by atoms with Gasteiger partial charge in [0.25, 0.3) is 5.91 Å². The van der Waals surface area contributed by atoms with Gasteiger partial charge in [-0.1, -0.05) is 23.2 Å². The summed E-state index contributed by atoms with van der Waals surface area (Å²) in [6, 6.07) is 1.59. The summed E-state index contributed by atoms with van der Waals surface area (Å²) in [5.41, 5.74) is 0.357. The van der Waals surface area contributed by atoms with Gasteiger partial charge in [-0.3, -0.25) is 4.79 Å². The van der Waals surface area contributed by atoms with Crippen LogP contribution in [0.15, 0.2) is 12.3 Å². The number of pyridine rings is 1. The lowest BCUT2D eigenvalue weighted by atomic mass is 10.0. The Kier molecular flexibility index (Phi) is 4.43. The Morgan fingerprint density at radius 3 is 3.06 bits per heavy atom. The Bertz CT molecular complexity index is 454. The summed E-state index contributed by atoms with van der Waals surface area (Å²) in [4.78, 5) is 15.9. The van der Waals surface area contributed by atoms with Gasteiger partial charge in [-0.15, -0.1) is 0 Å². The van der Waals surface area contributed by atoms with Gasteiger partial charge < -0.3 is 10.1 Å². The largest absolute Gasteiger partial charge is 0.378 e. The van der Waals surface area contributed by atoms with Gasteiger partial charge in [-0.05, 0) is 25.8 Å². The van der Waals surface area contributed by atoms with Crippen LogP contribution in [0.2, 0.25) is 10.2 Å². The van der Waals surface area contributed by atoms with E-state index in [4.69, 9.17) is 27.9 Å². The van der Waals surface area contributed by atoms with Crippen LogP contribution in [0.4, 0.5) is 0 Å². The van der Waals surface area contributed by atoms with E-state index in [1.54, 1.807) is 0 Å². The van der Waals surface area contributed by atoms with E-state index in [0.717, 1.165) is 12.8 Å². The summed E-state index contributed by atoms with van der Waals surface area (Å²) < 4.78 is 5.43. The highest BCUT2D eigenvalue weighted by Gasteiger charge is 2.22. The van der Waals surface area contributed by atoms with Crippen molar-refractivity contribution >= 4 is 29.1 Å². The maximum atomic E-state index is 12.1. The fraction of sp³-hybridized carbons (Fsp3) is 0.500. The molecule has 0 spiro atoms. The van der Waals surface area contributed by atoms with Gasteiger partial charge in [-0.2, -0.15) is 0 Å². The minimum absolute atomic E-state index is 0.115. The second-order valence-electron chi connectivity index (χ2n) is 4.36. The van der Waals surface area contributed by atoms with Crippen LogP contribution in [0.25, 0.3) is 0 Å². The van der Waals surface area contributed by atoms with Crippen molar-refractivity contribution in [1.82, 2.24) is 10.3 Å². The molecule has 2 heterocycles. The number of carbonyl (C=O) groups is 1. The molecule has 1 aliphatic heterocycles. The first kappa shape index (κ1) is 13.6.